The number of carbonyl (C=O) groups excluding carboxylic acids is 1. The van der Waals surface area contributed by atoms with Crippen LogP contribution in [0.3, 0.4) is 0 Å². The summed E-state index contributed by atoms with van der Waals surface area (Å²) >= 11 is 0. The van der Waals surface area contributed by atoms with Gasteiger partial charge in [0.25, 0.3) is 0 Å². The number of hydrogen-bond acceptors (Lipinski definition) is 4. The molecule has 3 aromatic carbocycles. The molecule has 4 rings (SSSR count). The number of halogens is 1. The van der Waals surface area contributed by atoms with Crippen LogP contribution in [0.2, 0.25) is 0 Å². The van der Waals surface area contributed by atoms with Crippen molar-refractivity contribution in [2.24, 2.45) is 4.99 Å². The van der Waals surface area contributed by atoms with Crippen molar-refractivity contribution < 1.29 is 19.1 Å². The number of aryl methyl sites for hydroxylation is 1. The SMILES string of the molecule is CN(C)Cc1cccc(N=C(c2cccc(CCC(=O)O)c2)C2C(=O)Nc3cc(F)ccc32)c1. The molecule has 2 N–H and O–H groups in total. The average Bonchev–Trinajstić information content (AvgIpc) is 3.10. The molecule has 0 spiro atoms. The largest absolute Gasteiger partial charge is 0.481 e. The van der Waals surface area contributed by atoms with Crippen molar-refractivity contribution in [3.8, 4) is 0 Å². The molecule has 0 radical (unpaired) electrons. The highest BCUT2D eigenvalue weighted by Gasteiger charge is 2.35. The number of hydrogen-bond donors (Lipinski definition) is 2. The molecule has 1 atom stereocenters. The minimum absolute atomic E-state index is 0.00847. The van der Waals surface area contributed by atoms with Crippen molar-refractivity contribution in [2.75, 3.05) is 19.4 Å². The molecule has 174 valence electrons. The molecule has 1 aliphatic heterocycles. The second kappa shape index (κ2) is 9.97. The van der Waals surface area contributed by atoms with Gasteiger partial charge in [0, 0.05) is 18.7 Å². The van der Waals surface area contributed by atoms with Crippen molar-refractivity contribution >= 4 is 29.0 Å². The number of aliphatic carboxylic acids is 1. The van der Waals surface area contributed by atoms with E-state index >= 15 is 0 Å². The summed E-state index contributed by atoms with van der Waals surface area (Å²) in [6.45, 7) is 0.745. The molecule has 34 heavy (non-hydrogen) atoms. The monoisotopic (exact) mass is 459 g/mol. The fraction of sp³-hybridized carbons (Fsp3) is 0.222. The highest BCUT2D eigenvalue weighted by Crippen LogP contribution is 2.37. The Labute approximate surface area is 197 Å². The van der Waals surface area contributed by atoms with Crippen LogP contribution in [0.5, 0.6) is 0 Å². The van der Waals surface area contributed by atoms with Crippen molar-refractivity contribution in [3.05, 3.63) is 94.8 Å². The second-order valence-corrected chi connectivity index (χ2v) is 8.65. The molecular weight excluding hydrogens is 433 g/mol. The van der Waals surface area contributed by atoms with Gasteiger partial charge in [-0.2, -0.15) is 0 Å². The third-order valence-corrected chi connectivity index (χ3v) is 5.63. The van der Waals surface area contributed by atoms with Crippen molar-refractivity contribution in [3.63, 3.8) is 0 Å². The summed E-state index contributed by atoms with van der Waals surface area (Å²) in [5.74, 6) is -2.30. The first kappa shape index (κ1) is 23.3. The van der Waals surface area contributed by atoms with Gasteiger partial charge in [-0.15, -0.1) is 0 Å². The van der Waals surface area contributed by atoms with Gasteiger partial charge < -0.3 is 15.3 Å². The summed E-state index contributed by atoms with van der Waals surface area (Å²) in [7, 11) is 3.98. The van der Waals surface area contributed by atoms with Gasteiger partial charge in [-0.05, 0) is 73.1 Å². The van der Waals surface area contributed by atoms with E-state index in [9.17, 15) is 14.0 Å². The molecule has 1 unspecified atom stereocenters. The number of benzene rings is 3. The van der Waals surface area contributed by atoms with Gasteiger partial charge in [0.2, 0.25) is 5.91 Å². The maximum absolute atomic E-state index is 13.8. The highest BCUT2D eigenvalue weighted by atomic mass is 19.1. The number of carbonyl (C=O) groups is 2. The summed E-state index contributed by atoms with van der Waals surface area (Å²) in [6, 6.07) is 19.5. The van der Waals surface area contributed by atoms with Crippen LogP contribution in [-0.4, -0.2) is 41.7 Å². The number of anilines is 1. The minimum Gasteiger partial charge on any atom is -0.481 e. The second-order valence-electron chi connectivity index (χ2n) is 8.65. The minimum atomic E-state index is -0.872. The van der Waals surface area contributed by atoms with Gasteiger partial charge in [0.15, 0.2) is 0 Å². The van der Waals surface area contributed by atoms with Crippen molar-refractivity contribution in [1.82, 2.24) is 4.90 Å². The zero-order chi connectivity index (χ0) is 24.2. The van der Waals surface area contributed by atoms with Gasteiger partial charge >= 0.3 is 5.97 Å². The zero-order valence-electron chi connectivity index (χ0n) is 19.1. The summed E-state index contributed by atoms with van der Waals surface area (Å²) < 4.78 is 13.8. The van der Waals surface area contributed by atoms with E-state index in [0.29, 0.717) is 29.1 Å². The predicted octanol–water partition coefficient (Wildman–Crippen LogP) is 4.76. The molecule has 0 aliphatic carbocycles. The quantitative estimate of drug-likeness (QED) is 0.476. The first-order valence-corrected chi connectivity index (χ1v) is 11.0. The maximum Gasteiger partial charge on any atom is 0.303 e. The van der Waals surface area contributed by atoms with E-state index in [4.69, 9.17) is 10.1 Å². The maximum atomic E-state index is 13.8. The van der Waals surface area contributed by atoms with E-state index in [1.165, 1.54) is 12.1 Å². The Bertz CT molecular complexity index is 1270. The fourth-order valence-electron chi connectivity index (χ4n) is 4.17. The Balaban J connectivity index is 1.82. The zero-order valence-corrected chi connectivity index (χ0v) is 19.1. The molecule has 0 fully saturated rings. The number of nitrogens with one attached hydrogen (secondary N) is 1. The Morgan fingerprint density at radius 1 is 1.06 bits per heavy atom. The number of carboxylic acids is 1. The number of fused-ring (bicyclic) bond motifs is 1. The number of amides is 1. The Kier molecular flexibility index (Phi) is 6.84. The lowest BCUT2D eigenvalue weighted by molar-refractivity contribution is -0.137. The highest BCUT2D eigenvalue weighted by molar-refractivity contribution is 6.24. The smallest absolute Gasteiger partial charge is 0.303 e. The van der Waals surface area contributed by atoms with Gasteiger partial charge in [0.1, 0.15) is 11.7 Å². The van der Waals surface area contributed by atoms with E-state index in [1.807, 2.05) is 62.6 Å². The molecule has 3 aromatic rings. The number of carboxylic acid groups (broad SMARTS) is 1. The number of aliphatic imine (C=N–C) groups is 1. The summed E-state index contributed by atoms with van der Waals surface area (Å²) in [5, 5.41) is 11.8. The molecule has 7 heteroatoms. The summed E-state index contributed by atoms with van der Waals surface area (Å²) in [5.41, 5.74) is 4.97. The van der Waals surface area contributed by atoms with E-state index in [-0.39, 0.29) is 12.3 Å². The van der Waals surface area contributed by atoms with E-state index in [2.05, 4.69) is 10.2 Å². The molecule has 1 amide bonds. The predicted molar refractivity (Wildman–Crippen MR) is 130 cm³/mol. The lowest BCUT2D eigenvalue weighted by Crippen LogP contribution is -2.22. The van der Waals surface area contributed by atoms with Gasteiger partial charge in [-0.1, -0.05) is 36.4 Å². The van der Waals surface area contributed by atoms with E-state index in [1.54, 1.807) is 6.07 Å². The molecule has 0 bridgehead atoms. The first-order chi connectivity index (χ1) is 16.3. The topological polar surface area (TPSA) is 82.0 Å². The number of nitrogens with zero attached hydrogens (tertiary/aromatic N) is 2. The first-order valence-electron chi connectivity index (χ1n) is 11.0. The van der Waals surface area contributed by atoms with Crippen LogP contribution in [0.15, 0.2) is 71.7 Å². The fourth-order valence-corrected chi connectivity index (χ4v) is 4.17. The lowest BCUT2D eigenvalue weighted by atomic mass is 9.89. The lowest BCUT2D eigenvalue weighted by Gasteiger charge is -2.16. The van der Waals surface area contributed by atoms with Crippen LogP contribution in [0.1, 0.15) is 34.6 Å². The Hall–Kier alpha value is -3.84. The van der Waals surface area contributed by atoms with Crippen LogP contribution in [0.4, 0.5) is 15.8 Å². The molecule has 1 heterocycles. The Morgan fingerprint density at radius 3 is 2.59 bits per heavy atom. The normalized spacial score (nSPS) is 15.4. The van der Waals surface area contributed by atoms with Gasteiger partial charge in [-0.25, -0.2) is 4.39 Å². The third-order valence-electron chi connectivity index (χ3n) is 5.63. The molecule has 6 nitrogen and oxygen atoms in total. The molecule has 1 aliphatic rings. The molecule has 0 saturated carbocycles. The van der Waals surface area contributed by atoms with E-state index < -0.39 is 17.7 Å². The van der Waals surface area contributed by atoms with Crippen LogP contribution in [-0.2, 0) is 22.6 Å². The van der Waals surface area contributed by atoms with Crippen molar-refractivity contribution in [1.29, 1.82) is 0 Å². The van der Waals surface area contributed by atoms with Gasteiger partial charge in [0.05, 0.1) is 11.4 Å². The number of rotatable bonds is 8. The average molecular weight is 460 g/mol. The van der Waals surface area contributed by atoms with Crippen LogP contribution in [0, 0.1) is 5.82 Å². The van der Waals surface area contributed by atoms with E-state index in [0.717, 1.165) is 23.2 Å². The summed E-state index contributed by atoms with van der Waals surface area (Å²) in [4.78, 5) is 31.1. The van der Waals surface area contributed by atoms with Crippen LogP contribution < -0.4 is 5.32 Å². The van der Waals surface area contributed by atoms with Crippen molar-refractivity contribution in [2.45, 2.75) is 25.3 Å². The standard InChI is InChI=1S/C27H26FN3O3/c1-31(2)16-18-6-4-8-21(14-18)29-26(19-7-3-5-17(13-19)9-12-24(32)33)25-22-11-10-20(28)15-23(22)30-27(25)34/h3-8,10-11,13-15,25H,9,12,16H2,1-2H3,(H,30,34)(H,32,33). The van der Waals surface area contributed by atoms with Crippen LogP contribution >= 0.6 is 0 Å². The molecule has 0 saturated heterocycles. The molecule has 0 aromatic heterocycles. The van der Waals surface area contributed by atoms with Gasteiger partial charge in [-0.3, -0.25) is 14.6 Å². The van der Waals surface area contributed by atoms with Crippen LogP contribution in [0.25, 0.3) is 0 Å². The molecular formula is C27H26FN3O3. The Morgan fingerprint density at radius 2 is 1.82 bits per heavy atom. The third kappa shape index (κ3) is 5.38. The summed E-state index contributed by atoms with van der Waals surface area (Å²) in [6.07, 6.45) is 0.377.